The summed E-state index contributed by atoms with van der Waals surface area (Å²) in [4.78, 5) is 4.66. The molecule has 0 saturated heterocycles. The zero-order chi connectivity index (χ0) is 11.4. The van der Waals surface area contributed by atoms with Crippen molar-refractivity contribution in [3.8, 4) is 0 Å². The Hall–Kier alpha value is -0.850. The van der Waals surface area contributed by atoms with Gasteiger partial charge in [-0.15, -0.1) is 6.58 Å². The zero-order valence-corrected chi connectivity index (χ0v) is 10.4. The number of allylic oxidation sites excluding steroid dienone is 1. The molecule has 0 aromatic rings. The van der Waals surface area contributed by atoms with Crippen LogP contribution in [-0.2, 0) is 0 Å². The van der Waals surface area contributed by atoms with E-state index >= 15 is 0 Å². The van der Waals surface area contributed by atoms with Crippen molar-refractivity contribution in [3.63, 3.8) is 0 Å². The molecule has 1 heteroatoms. The van der Waals surface area contributed by atoms with E-state index < -0.39 is 0 Å². The van der Waals surface area contributed by atoms with Crippen molar-refractivity contribution in [1.29, 1.82) is 0 Å². The molecule has 0 saturated carbocycles. The molecule has 0 aromatic carbocycles. The standard InChI is InChI=1S/C14H23N/c1-6-8-14-13(7-2)12(5)11(4)10(3)9-15-14/h6-14H,2H2,1,3-5H3. The average molecular weight is 205 g/mol. The van der Waals surface area contributed by atoms with Crippen molar-refractivity contribution in [2.45, 2.75) is 33.7 Å². The van der Waals surface area contributed by atoms with Crippen molar-refractivity contribution < 1.29 is 0 Å². The SMILES string of the molecule is C=CC1C(C=CC)N=CC(C)C(C)C1C. The third-order valence-corrected chi connectivity index (χ3v) is 3.82. The highest BCUT2D eigenvalue weighted by Crippen LogP contribution is 2.33. The van der Waals surface area contributed by atoms with E-state index in [1.807, 2.05) is 0 Å². The van der Waals surface area contributed by atoms with Gasteiger partial charge < -0.3 is 0 Å². The Morgan fingerprint density at radius 2 is 1.87 bits per heavy atom. The summed E-state index contributed by atoms with van der Waals surface area (Å²) in [6.45, 7) is 12.9. The summed E-state index contributed by atoms with van der Waals surface area (Å²) in [5.41, 5.74) is 0. The molecule has 5 atom stereocenters. The van der Waals surface area contributed by atoms with E-state index in [2.05, 4.69) is 63.7 Å². The summed E-state index contributed by atoms with van der Waals surface area (Å²) >= 11 is 0. The van der Waals surface area contributed by atoms with Crippen LogP contribution in [0.1, 0.15) is 27.7 Å². The van der Waals surface area contributed by atoms with Gasteiger partial charge in [-0.25, -0.2) is 0 Å². The minimum atomic E-state index is 0.287. The zero-order valence-electron chi connectivity index (χ0n) is 10.4. The van der Waals surface area contributed by atoms with Gasteiger partial charge in [-0.3, -0.25) is 4.99 Å². The van der Waals surface area contributed by atoms with Crippen LogP contribution in [0.5, 0.6) is 0 Å². The predicted octanol–water partition coefficient (Wildman–Crippen LogP) is 3.73. The molecular formula is C14H23N. The molecule has 5 unspecified atom stereocenters. The smallest absolute Gasteiger partial charge is 0.0741 e. The van der Waals surface area contributed by atoms with Gasteiger partial charge in [0.2, 0.25) is 0 Å². The fraction of sp³-hybridized carbons (Fsp3) is 0.643. The molecule has 0 aromatic heterocycles. The normalized spacial score (nSPS) is 41.7. The van der Waals surface area contributed by atoms with Crippen LogP contribution in [0.3, 0.4) is 0 Å². The molecular weight excluding hydrogens is 182 g/mol. The molecule has 0 bridgehead atoms. The molecule has 0 spiro atoms. The largest absolute Gasteiger partial charge is 0.289 e. The van der Waals surface area contributed by atoms with Crippen LogP contribution in [0, 0.1) is 23.7 Å². The van der Waals surface area contributed by atoms with Crippen LogP contribution in [0.25, 0.3) is 0 Å². The Bertz CT molecular complexity index is 265. The van der Waals surface area contributed by atoms with Crippen LogP contribution in [0.4, 0.5) is 0 Å². The minimum absolute atomic E-state index is 0.287. The van der Waals surface area contributed by atoms with Gasteiger partial charge in [0.15, 0.2) is 0 Å². The fourth-order valence-electron chi connectivity index (χ4n) is 2.34. The van der Waals surface area contributed by atoms with Crippen molar-refractivity contribution >= 4 is 6.21 Å². The maximum Gasteiger partial charge on any atom is 0.0741 e. The van der Waals surface area contributed by atoms with Gasteiger partial charge in [0.05, 0.1) is 6.04 Å². The Labute approximate surface area is 94.0 Å². The maximum absolute atomic E-state index is 4.66. The molecule has 1 heterocycles. The van der Waals surface area contributed by atoms with E-state index in [1.54, 1.807) is 0 Å². The number of hydrogen-bond acceptors (Lipinski definition) is 1. The summed E-state index contributed by atoms with van der Waals surface area (Å²) < 4.78 is 0. The Morgan fingerprint density at radius 3 is 2.40 bits per heavy atom. The molecule has 0 aliphatic carbocycles. The third-order valence-electron chi connectivity index (χ3n) is 3.82. The van der Waals surface area contributed by atoms with Crippen molar-refractivity contribution in [3.05, 3.63) is 24.8 Å². The lowest BCUT2D eigenvalue weighted by Gasteiger charge is -2.28. The average Bonchev–Trinajstić information content (AvgIpc) is 2.32. The van der Waals surface area contributed by atoms with Crippen LogP contribution in [-0.4, -0.2) is 12.3 Å². The van der Waals surface area contributed by atoms with Crippen LogP contribution < -0.4 is 0 Å². The lowest BCUT2D eigenvalue weighted by Crippen LogP contribution is -2.26. The number of aliphatic imine (C=N–C) groups is 1. The number of nitrogens with zero attached hydrogens (tertiary/aromatic N) is 1. The first-order valence-corrected chi connectivity index (χ1v) is 5.90. The summed E-state index contributed by atoms with van der Waals surface area (Å²) in [6.07, 6.45) is 8.46. The van der Waals surface area contributed by atoms with Crippen molar-refractivity contribution in [2.75, 3.05) is 0 Å². The van der Waals surface area contributed by atoms with Gasteiger partial charge in [0.1, 0.15) is 0 Å². The summed E-state index contributed by atoms with van der Waals surface area (Å²) in [7, 11) is 0. The number of hydrogen-bond donors (Lipinski definition) is 0. The van der Waals surface area contributed by atoms with Gasteiger partial charge in [0, 0.05) is 12.1 Å². The molecule has 1 rings (SSSR count). The van der Waals surface area contributed by atoms with E-state index in [0.717, 1.165) is 0 Å². The number of rotatable bonds is 2. The van der Waals surface area contributed by atoms with E-state index in [4.69, 9.17) is 0 Å². The predicted molar refractivity (Wildman–Crippen MR) is 68.3 cm³/mol. The minimum Gasteiger partial charge on any atom is -0.289 e. The highest BCUT2D eigenvalue weighted by Gasteiger charge is 2.30. The maximum atomic E-state index is 4.66. The van der Waals surface area contributed by atoms with Crippen LogP contribution in [0.15, 0.2) is 29.8 Å². The highest BCUT2D eigenvalue weighted by atomic mass is 14.8. The lowest BCUT2D eigenvalue weighted by molar-refractivity contribution is 0.268. The van der Waals surface area contributed by atoms with Crippen LogP contribution in [0.2, 0.25) is 0 Å². The Morgan fingerprint density at radius 1 is 1.20 bits per heavy atom. The van der Waals surface area contributed by atoms with Gasteiger partial charge in [-0.05, 0) is 24.7 Å². The van der Waals surface area contributed by atoms with Gasteiger partial charge in [-0.1, -0.05) is 39.0 Å². The summed E-state index contributed by atoms with van der Waals surface area (Å²) in [5, 5.41) is 0. The fourth-order valence-corrected chi connectivity index (χ4v) is 2.34. The topological polar surface area (TPSA) is 12.4 Å². The van der Waals surface area contributed by atoms with E-state index in [0.29, 0.717) is 23.7 Å². The molecule has 84 valence electrons. The molecule has 0 amide bonds. The van der Waals surface area contributed by atoms with Crippen molar-refractivity contribution in [2.24, 2.45) is 28.7 Å². The highest BCUT2D eigenvalue weighted by molar-refractivity contribution is 5.61. The van der Waals surface area contributed by atoms with E-state index in [9.17, 15) is 0 Å². The quantitative estimate of drug-likeness (QED) is 0.609. The second-order valence-corrected chi connectivity index (χ2v) is 4.70. The Balaban J connectivity index is 2.97. The third kappa shape index (κ3) is 2.58. The molecule has 0 radical (unpaired) electrons. The molecule has 1 nitrogen and oxygen atoms in total. The Kier molecular flexibility index (Phi) is 4.31. The molecule has 15 heavy (non-hydrogen) atoms. The first-order valence-electron chi connectivity index (χ1n) is 5.90. The first-order chi connectivity index (χ1) is 7.11. The second-order valence-electron chi connectivity index (χ2n) is 4.70. The van der Waals surface area contributed by atoms with Crippen molar-refractivity contribution in [1.82, 2.24) is 0 Å². The lowest BCUT2D eigenvalue weighted by atomic mass is 9.76. The van der Waals surface area contributed by atoms with Crippen LogP contribution >= 0.6 is 0 Å². The summed E-state index contributed by atoms with van der Waals surface area (Å²) in [6, 6.07) is 0.287. The van der Waals surface area contributed by atoms with Gasteiger partial charge in [-0.2, -0.15) is 0 Å². The second kappa shape index (κ2) is 5.29. The van der Waals surface area contributed by atoms with E-state index in [1.165, 1.54) is 0 Å². The molecule has 0 N–H and O–H groups in total. The molecule has 1 aliphatic rings. The first kappa shape index (κ1) is 12.2. The van der Waals surface area contributed by atoms with E-state index in [-0.39, 0.29) is 6.04 Å². The summed E-state index contributed by atoms with van der Waals surface area (Å²) in [5.74, 6) is 2.35. The molecule has 1 aliphatic heterocycles. The molecule has 0 fully saturated rings. The van der Waals surface area contributed by atoms with Gasteiger partial charge >= 0.3 is 0 Å². The van der Waals surface area contributed by atoms with Gasteiger partial charge in [0.25, 0.3) is 0 Å². The monoisotopic (exact) mass is 205 g/mol.